The van der Waals surface area contributed by atoms with Crippen molar-refractivity contribution < 1.29 is 13.2 Å². The van der Waals surface area contributed by atoms with Crippen LogP contribution in [0.3, 0.4) is 0 Å². The SMILES string of the molecule is CCCN(CC(F)(F)F)c1cnccc1C(=N)N. The van der Waals surface area contributed by atoms with Gasteiger partial charge in [-0.15, -0.1) is 0 Å². The van der Waals surface area contributed by atoms with Crippen molar-refractivity contribution in [1.29, 1.82) is 5.41 Å². The summed E-state index contributed by atoms with van der Waals surface area (Å²) in [5, 5.41) is 7.37. The maximum atomic E-state index is 12.5. The van der Waals surface area contributed by atoms with Crippen molar-refractivity contribution in [2.75, 3.05) is 18.0 Å². The monoisotopic (exact) mass is 260 g/mol. The van der Waals surface area contributed by atoms with Gasteiger partial charge in [-0.05, 0) is 12.5 Å². The average molecular weight is 260 g/mol. The van der Waals surface area contributed by atoms with Gasteiger partial charge in [-0.3, -0.25) is 10.4 Å². The van der Waals surface area contributed by atoms with E-state index in [1.165, 1.54) is 18.5 Å². The Morgan fingerprint density at radius 3 is 2.67 bits per heavy atom. The zero-order chi connectivity index (χ0) is 13.8. The molecule has 0 fully saturated rings. The van der Waals surface area contributed by atoms with E-state index in [1.54, 1.807) is 6.92 Å². The van der Waals surface area contributed by atoms with E-state index >= 15 is 0 Å². The van der Waals surface area contributed by atoms with Crippen LogP contribution in [0.25, 0.3) is 0 Å². The van der Waals surface area contributed by atoms with Crippen LogP contribution in [-0.2, 0) is 0 Å². The number of hydrogen-bond donors (Lipinski definition) is 2. The third-order valence-electron chi connectivity index (χ3n) is 2.29. The number of halogens is 3. The molecule has 0 amide bonds. The Labute approximate surface area is 103 Å². The molecule has 3 N–H and O–H groups in total. The van der Waals surface area contributed by atoms with Gasteiger partial charge in [0, 0.05) is 18.3 Å². The molecule has 0 bridgehead atoms. The fourth-order valence-corrected chi connectivity index (χ4v) is 1.64. The molecule has 7 heteroatoms. The first kappa shape index (κ1) is 14.3. The summed E-state index contributed by atoms with van der Waals surface area (Å²) >= 11 is 0. The Morgan fingerprint density at radius 1 is 1.50 bits per heavy atom. The van der Waals surface area contributed by atoms with E-state index in [0.29, 0.717) is 6.42 Å². The molecule has 0 radical (unpaired) electrons. The fourth-order valence-electron chi connectivity index (χ4n) is 1.64. The van der Waals surface area contributed by atoms with Gasteiger partial charge in [0.05, 0.1) is 11.9 Å². The number of anilines is 1. The largest absolute Gasteiger partial charge is 0.405 e. The number of alkyl halides is 3. The number of nitrogens with zero attached hydrogens (tertiary/aromatic N) is 2. The highest BCUT2D eigenvalue weighted by Crippen LogP contribution is 2.24. The Hall–Kier alpha value is -1.79. The van der Waals surface area contributed by atoms with Crippen molar-refractivity contribution in [3.63, 3.8) is 0 Å². The van der Waals surface area contributed by atoms with Gasteiger partial charge >= 0.3 is 6.18 Å². The lowest BCUT2D eigenvalue weighted by Crippen LogP contribution is -2.36. The van der Waals surface area contributed by atoms with Crippen molar-refractivity contribution >= 4 is 11.5 Å². The van der Waals surface area contributed by atoms with Gasteiger partial charge < -0.3 is 10.6 Å². The molecule has 0 aliphatic heterocycles. The lowest BCUT2D eigenvalue weighted by Gasteiger charge is -2.26. The van der Waals surface area contributed by atoms with Crippen molar-refractivity contribution in [3.05, 3.63) is 24.0 Å². The molecule has 0 spiro atoms. The maximum absolute atomic E-state index is 12.5. The number of nitrogen functional groups attached to an aromatic ring is 1. The summed E-state index contributed by atoms with van der Waals surface area (Å²) in [6.45, 7) is 0.936. The highest BCUT2D eigenvalue weighted by molar-refractivity contribution is 6.00. The zero-order valence-electron chi connectivity index (χ0n) is 9.96. The number of hydrogen-bond acceptors (Lipinski definition) is 3. The van der Waals surface area contributed by atoms with E-state index in [1.807, 2.05) is 0 Å². The maximum Gasteiger partial charge on any atom is 0.405 e. The number of nitrogens with one attached hydrogen (secondary N) is 1. The lowest BCUT2D eigenvalue weighted by molar-refractivity contribution is -0.119. The van der Waals surface area contributed by atoms with Crippen LogP contribution in [-0.4, -0.2) is 30.1 Å². The molecular formula is C11H15F3N4. The van der Waals surface area contributed by atoms with Crippen LogP contribution >= 0.6 is 0 Å². The minimum atomic E-state index is -4.31. The first-order valence-corrected chi connectivity index (χ1v) is 5.45. The predicted molar refractivity (Wildman–Crippen MR) is 63.8 cm³/mol. The Balaban J connectivity index is 3.09. The Morgan fingerprint density at radius 2 is 2.17 bits per heavy atom. The lowest BCUT2D eigenvalue weighted by atomic mass is 10.2. The van der Waals surface area contributed by atoms with Gasteiger partial charge in [-0.1, -0.05) is 6.92 Å². The summed E-state index contributed by atoms with van der Waals surface area (Å²) in [5.41, 5.74) is 5.87. The highest BCUT2D eigenvalue weighted by Gasteiger charge is 2.31. The first-order valence-electron chi connectivity index (χ1n) is 5.45. The van der Waals surface area contributed by atoms with E-state index in [0.717, 1.165) is 4.90 Å². The van der Waals surface area contributed by atoms with Gasteiger partial charge in [0.2, 0.25) is 0 Å². The molecule has 0 aromatic carbocycles. The second-order valence-electron chi connectivity index (χ2n) is 3.84. The summed E-state index contributed by atoms with van der Waals surface area (Å²) in [6, 6.07) is 1.44. The van der Waals surface area contributed by atoms with Crippen molar-refractivity contribution in [3.8, 4) is 0 Å². The van der Waals surface area contributed by atoms with Crippen molar-refractivity contribution in [1.82, 2.24) is 4.98 Å². The fraction of sp³-hybridized carbons (Fsp3) is 0.455. The molecule has 4 nitrogen and oxygen atoms in total. The molecule has 100 valence electrons. The molecule has 0 atom stereocenters. The Bertz CT molecular complexity index is 417. The summed E-state index contributed by atoms with van der Waals surface area (Å²) in [6.07, 6.45) is -1.04. The quantitative estimate of drug-likeness (QED) is 0.629. The van der Waals surface area contributed by atoms with E-state index < -0.39 is 12.7 Å². The van der Waals surface area contributed by atoms with Crippen LogP contribution in [0.15, 0.2) is 18.5 Å². The van der Waals surface area contributed by atoms with Gasteiger partial charge in [-0.2, -0.15) is 13.2 Å². The van der Waals surface area contributed by atoms with Gasteiger partial charge in [0.25, 0.3) is 0 Å². The van der Waals surface area contributed by atoms with E-state index in [-0.39, 0.29) is 23.6 Å². The van der Waals surface area contributed by atoms with Crippen LogP contribution in [0.4, 0.5) is 18.9 Å². The van der Waals surface area contributed by atoms with Crippen molar-refractivity contribution in [2.24, 2.45) is 5.73 Å². The highest BCUT2D eigenvalue weighted by atomic mass is 19.4. The molecule has 1 aromatic rings. The smallest absolute Gasteiger partial charge is 0.384 e. The van der Waals surface area contributed by atoms with Crippen LogP contribution in [0.1, 0.15) is 18.9 Å². The third kappa shape index (κ3) is 3.90. The molecule has 0 aliphatic carbocycles. The van der Waals surface area contributed by atoms with Crippen LogP contribution in [0, 0.1) is 5.41 Å². The summed E-state index contributed by atoms with van der Waals surface area (Å²) in [5.74, 6) is -0.268. The number of nitrogens with two attached hydrogens (primary N) is 1. The van der Waals surface area contributed by atoms with Gasteiger partial charge in [-0.25, -0.2) is 0 Å². The zero-order valence-corrected chi connectivity index (χ0v) is 9.96. The Kier molecular flexibility index (Phi) is 4.52. The minimum Gasteiger partial charge on any atom is -0.384 e. The average Bonchev–Trinajstić information content (AvgIpc) is 2.26. The predicted octanol–water partition coefficient (Wildman–Crippen LogP) is 2.14. The molecule has 0 saturated carbocycles. The molecule has 1 aromatic heterocycles. The number of amidine groups is 1. The standard InChI is InChI=1S/C11H15F3N4/c1-2-5-18(7-11(12,13)14)9-6-17-4-3-8(9)10(15)16/h3-4,6H,2,5,7H2,1H3,(H3,15,16). The molecule has 1 rings (SSSR count). The van der Waals surface area contributed by atoms with E-state index in [4.69, 9.17) is 11.1 Å². The second-order valence-corrected chi connectivity index (χ2v) is 3.84. The van der Waals surface area contributed by atoms with Crippen LogP contribution in [0.2, 0.25) is 0 Å². The normalized spacial score (nSPS) is 11.3. The number of rotatable bonds is 5. The van der Waals surface area contributed by atoms with Gasteiger partial charge in [0.1, 0.15) is 12.4 Å². The molecule has 0 saturated heterocycles. The number of aromatic nitrogens is 1. The molecule has 0 aliphatic rings. The van der Waals surface area contributed by atoms with Crippen LogP contribution < -0.4 is 10.6 Å². The molecule has 0 unspecified atom stereocenters. The topological polar surface area (TPSA) is 66.0 Å². The van der Waals surface area contributed by atoms with E-state index in [2.05, 4.69) is 4.98 Å². The second kappa shape index (κ2) is 5.70. The first-order chi connectivity index (χ1) is 8.35. The van der Waals surface area contributed by atoms with Crippen LogP contribution in [0.5, 0.6) is 0 Å². The van der Waals surface area contributed by atoms with Crippen molar-refractivity contribution in [2.45, 2.75) is 19.5 Å². The van der Waals surface area contributed by atoms with Gasteiger partial charge in [0.15, 0.2) is 0 Å². The summed E-state index contributed by atoms with van der Waals surface area (Å²) in [7, 11) is 0. The molecule has 18 heavy (non-hydrogen) atoms. The summed E-state index contributed by atoms with van der Waals surface area (Å²) in [4.78, 5) is 4.94. The molecular weight excluding hydrogens is 245 g/mol. The molecule has 1 heterocycles. The summed E-state index contributed by atoms with van der Waals surface area (Å²) < 4.78 is 37.5. The third-order valence-corrected chi connectivity index (χ3v) is 2.29. The van der Waals surface area contributed by atoms with E-state index in [9.17, 15) is 13.2 Å². The minimum absolute atomic E-state index is 0.228. The number of pyridine rings is 1.